The fraction of sp³-hybridized carbons (Fsp3) is 0.0625. The molecule has 1 amide bonds. The second kappa shape index (κ2) is 5.32. The summed E-state index contributed by atoms with van der Waals surface area (Å²) in [5.74, 6) is -0.435. The van der Waals surface area contributed by atoms with Gasteiger partial charge in [0.05, 0.1) is 0 Å². The van der Waals surface area contributed by atoms with E-state index in [1.54, 1.807) is 6.08 Å². The van der Waals surface area contributed by atoms with Crippen molar-refractivity contribution < 1.29 is 4.79 Å². The van der Waals surface area contributed by atoms with E-state index < -0.39 is 5.91 Å². The molecule has 2 nitrogen and oxygen atoms in total. The number of hydrogen-bond donors (Lipinski definition) is 1. The number of amides is 1. The maximum Gasteiger partial charge on any atom is 0.241 e. The first-order chi connectivity index (χ1) is 8.65. The second-order valence-electron chi connectivity index (χ2n) is 4.23. The third-order valence-corrected chi connectivity index (χ3v) is 2.71. The van der Waals surface area contributed by atoms with Crippen molar-refractivity contribution in [2.24, 2.45) is 5.73 Å². The topological polar surface area (TPSA) is 43.1 Å². The van der Waals surface area contributed by atoms with Gasteiger partial charge in [0.15, 0.2) is 0 Å². The van der Waals surface area contributed by atoms with Crippen molar-refractivity contribution in [1.82, 2.24) is 0 Å². The number of rotatable bonds is 3. The first kappa shape index (κ1) is 12.1. The van der Waals surface area contributed by atoms with Crippen molar-refractivity contribution in [3.8, 4) is 11.1 Å². The monoisotopic (exact) mass is 237 g/mol. The first-order valence-electron chi connectivity index (χ1n) is 5.80. The van der Waals surface area contributed by atoms with Crippen LogP contribution in [-0.2, 0) is 4.79 Å². The molecular weight excluding hydrogens is 222 g/mol. The number of hydrogen-bond acceptors (Lipinski definition) is 1. The van der Waals surface area contributed by atoms with Crippen LogP contribution in [0.4, 0.5) is 0 Å². The molecule has 18 heavy (non-hydrogen) atoms. The molecule has 90 valence electrons. The number of aryl methyl sites for hydroxylation is 1. The molecule has 0 aliphatic carbocycles. The number of carbonyl (C=O) groups excluding carboxylic acids is 1. The van der Waals surface area contributed by atoms with Crippen LogP contribution in [0.15, 0.2) is 54.6 Å². The number of nitrogens with two attached hydrogens (primary N) is 1. The summed E-state index contributed by atoms with van der Waals surface area (Å²) in [5, 5.41) is 0. The average Bonchev–Trinajstić information content (AvgIpc) is 2.37. The third-order valence-electron chi connectivity index (χ3n) is 2.71. The van der Waals surface area contributed by atoms with Crippen molar-refractivity contribution in [3.05, 3.63) is 65.7 Å². The summed E-state index contributed by atoms with van der Waals surface area (Å²) in [6, 6.07) is 16.3. The van der Waals surface area contributed by atoms with Crippen LogP contribution >= 0.6 is 0 Å². The van der Waals surface area contributed by atoms with Gasteiger partial charge in [-0.3, -0.25) is 4.79 Å². The molecule has 0 aromatic heterocycles. The zero-order valence-electron chi connectivity index (χ0n) is 10.3. The van der Waals surface area contributed by atoms with Gasteiger partial charge < -0.3 is 5.73 Å². The summed E-state index contributed by atoms with van der Waals surface area (Å²) < 4.78 is 0. The molecule has 0 saturated carbocycles. The second-order valence-corrected chi connectivity index (χ2v) is 4.23. The van der Waals surface area contributed by atoms with Crippen molar-refractivity contribution in [3.63, 3.8) is 0 Å². The van der Waals surface area contributed by atoms with Crippen molar-refractivity contribution in [1.29, 1.82) is 0 Å². The highest BCUT2D eigenvalue weighted by molar-refractivity contribution is 5.90. The highest BCUT2D eigenvalue weighted by Crippen LogP contribution is 2.21. The van der Waals surface area contributed by atoms with Gasteiger partial charge in [-0.05, 0) is 35.8 Å². The minimum Gasteiger partial charge on any atom is -0.366 e. The van der Waals surface area contributed by atoms with Crippen LogP contribution in [0.3, 0.4) is 0 Å². The summed E-state index contributed by atoms with van der Waals surface area (Å²) in [7, 11) is 0. The van der Waals surface area contributed by atoms with E-state index >= 15 is 0 Å². The highest BCUT2D eigenvalue weighted by Gasteiger charge is 1.97. The Hall–Kier alpha value is -2.35. The molecule has 0 atom stereocenters. The predicted molar refractivity (Wildman–Crippen MR) is 74.8 cm³/mol. The molecule has 2 N–H and O–H groups in total. The van der Waals surface area contributed by atoms with Gasteiger partial charge in [-0.25, -0.2) is 0 Å². The molecule has 0 radical (unpaired) electrons. The molecule has 0 unspecified atom stereocenters. The van der Waals surface area contributed by atoms with Gasteiger partial charge in [-0.15, -0.1) is 0 Å². The molecule has 0 heterocycles. The Labute approximate surface area is 107 Å². The Morgan fingerprint density at radius 1 is 1.06 bits per heavy atom. The van der Waals surface area contributed by atoms with Crippen molar-refractivity contribution in [2.45, 2.75) is 6.92 Å². The minimum absolute atomic E-state index is 0.435. The average molecular weight is 237 g/mol. The first-order valence-corrected chi connectivity index (χ1v) is 5.80. The van der Waals surface area contributed by atoms with Crippen LogP contribution in [0.2, 0.25) is 0 Å². The summed E-state index contributed by atoms with van der Waals surface area (Å²) in [6.45, 7) is 2.07. The molecule has 2 aromatic rings. The van der Waals surface area contributed by atoms with Gasteiger partial charge >= 0.3 is 0 Å². The molecule has 2 aromatic carbocycles. The summed E-state index contributed by atoms with van der Waals surface area (Å²) in [6.07, 6.45) is 3.09. The Bertz CT molecular complexity index is 582. The largest absolute Gasteiger partial charge is 0.366 e. The van der Waals surface area contributed by atoms with Crippen molar-refractivity contribution in [2.75, 3.05) is 0 Å². The Morgan fingerprint density at radius 3 is 2.44 bits per heavy atom. The van der Waals surface area contributed by atoms with E-state index in [2.05, 4.69) is 31.2 Å². The van der Waals surface area contributed by atoms with Crippen LogP contribution < -0.4 is 5.73 Å². The molecule has 0 saturated heterocycles. The summed E-state index contributed by atoms with van der Waals surface area (Å²) in [5.41, 5.74) is 9.57. The summed E-state index contributed by atoms with van der Waals surface area (Å²) >= 11 is 0. The molecule has 0 fully saturated rings. The Morgan fingerprint density at radius 2 is 1.78 bits per heavy atom. The van der Waals surface area contributed by atoms with Crippen LogP contribution in [-0.4, -0.2) is 5.91 Å². The van der Waals surface area contributed by atoms with Gasteiger partial charge in [0.25, 0.3) is 0 Å². The number of primary amides is 1. The highest BCUT2D eigenvalue weighted by atomic mass is 16.1. The lowest BCUT2D eigenvalue weighted by atomic mass is 10.0. The quantitative estimate of drug-likeness (QED) is 0.819. The van der Waals surface area contributed by atoms with E-state index in [-0.39, 0.29) is 0 Å². The fourth-order valence-corrected chi connectivity index (χ4v) is 1.75. The van der Waals surface area contributed by atoms with E-state index in [1.165, 1.54) is 11.6 Å². The molecular formula is C16H15NO. The van der Waals surface area contributed by atoms with E-state index in [4.69, 9.17) is 5.73 Å². The molecule has 0 aliphatic heterocycles. The molecule has 2 heteroatoms. The SMILES string of the molecule is Cc1ccc(-c2cccc(/C=C/C(N)=O)c2)cc1. The van der Waals surface area contributed by atoms with Crippen LogP contribution in [0.1, 0.15) is 11.1 Å². The summed E-state index contributed by atoms with van der Waals surface area (Å²) in [4.78, 5) is 10.7. The molecule has 0 aliphatic rings. The lowest BCUT2D eigenvalue weighted by Gasteiger charge is -2.03. The maximum atomic E-state index is 10.7. The molecule has 0 spiro atoms. The van der Waals surface area contributed by atoms with Gasteiger partial charge in [0.1, 0.15) is 0 Å². The van der Waals surface area contributed by atoms with Crippen molar-refractivity contribution >= 4 is 12.0 Å². The third kappa shape index (κ3) is 3.08. The van der Waals surface area contributed by atoms with Gasteiger partial charge in [0, 0.05) is 6.08 Å². The van der Waals surface area contributed by atoms with E-state index in [0.717, 1.165) is 16.7 Å². The molecule has 0 bridgehead atoms. The van der Waals surface area contributed by atoms with Gasteiger partial charge in [-0.1, -0.05) is 48.0 Å². The van der Waals surface area contributed by atoms with Crippen LogP contribution in [0.25, 0.3) is 17.2 Å². The lowest BCUT2D eigenvalue weighted by Crippen LogP contribution is -2.05. The fourth-order valence-electron chi connectivity index (χ4n) is 1.75. The van der Waals surface area contributed by atoms with Gasteiger partial charge in [0.2, 0.25) is 5.91 Å². The predicted octanol–water partition coefficient (Wildman–Crippen LogP) is 3.16. The van der Waals surface area contributed by atoms with Crippen LogP contribution in [0, 0.1) is 6.92 Å². The lowest BCUT2D eigenvalue weighted by molar-refractivity contribution is -0.113. The van der Waals surface area contributed by atoms with E-state index in [9.17, 15) is 4.79 Å². The Balaban J connectivity index is 2.32. The number of benzene rings is 2. The molecule has 2 rings (SSSR count). The van der Waals surface area contributed by atoms with Gasteiger partial charge in [-0.2, -0.15) is 0 Å². The van der Waals surface area contributed by atoms with E-state index in [1.807, 2.05) is 24.3 Å². The zero-order valence-corrected chi connectivity index (χ0v) is 10.3. The maximum absolute atomic E-state index is 10.7. The standard InChI is InChI=1S/C16H15NO/c1-12-5-8-14(9-6-12)15-4-2-3-13(11-15)7-10-16(17)18/h2-11H,1H3,(H2,17,18)/b10-7+. The van der Waals surface area contributed by atoms with Crippen LogP contribution in [0.5, 0.6) is 0 Å². The number of carbonyl (C=O) groups is 1. The zero-order chi connectivity index (χ0) is 13.0. The normalized spacial score (nSPS) is 10.7. The Kier molecular flexibility index (Phi) is 3.58. The van der Waals surface area contributed by atoms with E-state index in [0.29, 0.717) is 0 Å². The smallest absolute Gasteiger partial charge is 0.241 e. The minimum atomic E-state index is -0.435.